The molecule has 19 heavy (non-hydrogen) atoms. The van der Waals surface area contributed by atoms with E-state index in [1.165, 1.54) is 0 Å². The minimum absolute atomic E-state index is 0.0649. The number of anilines is 1. The van der Waals surface area contributed by atoms with Crippen LogP contribution in [0.2, 0.25) is 0 Å². The van der Waals surface area contributed by atoms with Crippen molar-refractivity contribution >= 4 is 5.69 Å². The van der Waals surface area contributed by atoms with Gasteiger partial charge in [0.05, 0.1) is 19.3 Å². The molecular formula is C14H20N4O. The highest BCUT2D eigenvalue weighted by molar-refractivity contribution is 5.50. The van der Waals surface area contributed by atoms with Gasteiger partial charge in [-0.15, -0.1) is 0 Å². The highest BCUT2D eigenvalue weighted by Gasteiger charge is 2.12. The molecule has 0 aliphatic carbocycles. The number of ether oxygens (including phenoxy) is 1. The van der Waals surface area contributed by atoms with Crippen molar-refractivity contribution in [3.8, 4) is 5.75 Å². The molecule has 0 radical (unpaired) electrons. The van der Waals surface area contributed by atoms with E-state index in [1.807, 2.05) is 50.8 Å². The Morgan fingerprint density at radius 1 is 1.47 bits per heavy atom. The largest absolute Gasteiger partial charge is 0.497 e. The van der Waals surface area contributed by atoms with Crippen LogP contribution >= 0.6 is 0 Å². The third-order valence-corrected chi connectivity index (χ3v) is 3.12. The van der Waals surface area contributed by atoms with Gasteiger partial charge in [-0.25, -0.2) is 0 Å². The summed E-state index contributed by atoms with van der Waals surface area (Å²) in [7, 11) is 5.58. The Labute approximate surface area is 113 Å². The molecule has 0 aliphatic rings. The second kappa shape index (κ2) is 5.75. The Morgan fingerprint density at radius 3 is 2.89 bits per heavy atom. The van der Waals surface area contributed by atoms with E-state index in [1.54, 1.807) is 11.8 Å². The number of aromatic nitrogens is 2. The van der Waals surface area contributed by atoms with Crippen LogP contribution in [0.5, 0.6) is 5.75 Å². The number of hydrogen-bond acceptors (Lipinski definition) is 4. The van der Waals surface area contributed by atoms with Crippen molar-refractivity contribution in [2.75, 3.05) is 25.6 Å². The highest BCUT2D eigenvalue weighted by atomic mass is 16.5. The second-order valence-corrected chi connectivity index (χ2v) is 4.64. The average molecular weight is 260 g/mol. The molecule has 0 aliphatic heterocycles. The number of benzene rings is 1. The smallest absolute Gasteiger partial charge is 0.120 e. The van der Waals surface area contributed by atoms with Gasteiger partial charge < -0.3 is 15.4 Å². The first-order valence-corrected chi connectivity index (χ1v) is 6.19. The molecule has 0 saturated carbocycles. The number of methoxy groups -OCH3 is 1. The molecule has 1 heterocycles. The minimum Gasteiger partial charge on any atom is -0.497 e. The average Bonchev–Trinajstić information content (AvgIpc) is 2.85. The van der Waals surface area contributed by atoms with E-state index in [0.717, 1.165) is 23.5 Å². The third-order valence-electron chi connectivity index (χ3n) is 3.12. The van der Waals surface area contributed by atoms with E-state index in [4.69, 9.17) is 10.5 Å². The minimum atomic E-state index is -0.0649. The molecule has 5 nitrogen and oxygen atoms in total. The summed E-state index contributed by atoms with van der Waals surface area (Å²) in [6, 6.07) is 7.87. The molecule has 2 rings (SSSR count). The Hall–Kier alpha value is -2.01. The van der Waals surface area contributed by atoms with Gasteiger partial charge in [-0.05, 0) is 12.1 Å². The van der Waals surface area contributed by atoms with Gasteiger partial charge in [-0.3, -0.25) is 4.68 Å². The van der Waals surface area contributed by atoms with Gasteiger partial charge in [0, 0.05) is 44.2 Å². The van der Waals surface area contributed by atoms with Crippen molar-refractivity contribution in [3.63, 3.8) is 0 Å². The Balaban J connectivity index is 2.05. The fourth-order valence-electron chi connectivity index (χ4n) is 1.99. The molecule has 1 aromatic heterocycles. The van der Waals surface area contributed by atoms with Crippen molar-refractivity contribution in [2.45, 2.75) is 6.04 Å². The quantitative estimate of drug-likeness (QED) is 0.886. The van der Waals surface area contributed by atoms with Crippen molar-refractivity contribution < 1.29 is 4.74 Å². The first-order valence-electron chi connectivity index (χ1n) is 6.19. The molecule has 2 N–H and O–H groups in total. The summed E-state index contributed by atoms with van der Waals surface area (Å²) in [5, 5.41) is 4.14. The summed E-state index contributed by atoms with van der Waals surface area (Å²) in [4.78, 5) is 2.11. The molecule has 2 aromatic rings. The SMILES string of the molecule is COc1cccc(N(C)CC(N)c2cnn(C)c2)c1. The van der Waals surface area contributed by atoms with Gasteiger partial charge in [0.15, 0.2) is 0 Å². The Morgan fingerprint density at radius 2 is 2.26 bits per heavy atom. The van der Waals surface area contributed by atoms with Crippen molar-refractivity contribution in [3.05, 3.63) is 42.2 Å². The lowest BCUT2D eigenvalue weighted by atomic mass is 10.1. The topological polar surface area (TPSA) is 56.3 Å². The lowest BCUT2D eigenvalue weighted by Gasteiger charge is -2.23. The lowest BCUT2D eigenvalue weighted by molar-refractivity contribution is 0.415. The van der Waals surface area contributed by atoms with Crippen molar-refractivity contribution in [1.29, 1.82) is 0 Å². The van der Waals surface area contributed by atoms with Crippen LogP contribution in [0.25, 0.3) is 0 Å². The zero-order valence-corrected chi connectivity index (χ0v) is 11.6. The zero-order valence-electron chi connectivity index (χ0n) is 11.6. The monoisotopic (exact) mass is 260 g/mol. The van der Waals surface area contributed by atoms with E-state index in [9.17, 15) is 0 Å². The normalized spacial score (nSPS) is 12.2. The molecule has 0 saturated heterocycles. The Kier molecular flexibility index (Phi) is 4.06. The number of likely N-dealkylation sites (N-methyl/N-ethyl adjacent to an activating group) is 1. The summed E-state index contributed by atoms with van der Waals surface area (Å²) in [6.45, 7) is 0.721. The first-order chi connectivity index (χ1) is 9.10. The number of nitrogens with two attached hydrogens (primary N) is 1. The van der Waals surface area contributed by atoms with E-state index in [0.29, 0.717) is 0 Å². The van der Waals surface area contributed by atoms with Crippen LogP contribution in [-0.2, 0) is 7.05 Å². The zero-order chi connectivity index (χ0) is 13.8. The van der Waals surface area contributed by atoms with Crippen molar-refractivity contribution in [1.82, 2.24) is 9.78 Å². The molecule has 102 valence electrons. The molecule has 1 aromatic carbocycles. The number of nitrogens with zero attached hydrogens (tertiary/aromatic N) is 3. The van der Waals surface area contributed by atoms with E-state index in [2.05, 4.69) is 10.00 Å². The molecule has 0 amide bonds. The summed E-state index contributed by atoms with van der Waals surface area (Å²) >= 11 is 0. The maximum atomic E-state index is 6.19. The van der Waals surface area contributed by atoms with Gasteiger partial charge in [-0.2, -0.15) is 5.10 Å². The molecule has 0 bridgehead atoms. The van der Waals surface area contributed by atoms with Gasteiger partial charge in [-0.1, -0.05) is 6.07 Å². The molecule has 5 heteroatoms. The van der Waals surface area contributed by atoms with Crippen LogP contribution in [0.4, 0.5) is 5.69 Å². The standard InChI is InChI=1S/C14H20N4O/c1-17(12-5-4-6-13(7-12)19-3)10-14(15)11-8-16-18(2)9-11/h4-9,14H,10,15H2,1-3H3. The maximum Gasteiger partial charge on any atom is 0.120 e. The van der Waals surface area contributed by atoms with Gasteiger partial charge in [0.2, 0.25) is 0 Å². The fourth-order valence-corrected chi connectivity index (χ4v) is 1.99. The molecular weight excluding hydrogens is 240 g/mol. The summed E-state index contributed by atoms with van der Waals surface area (Å²) in [5.74, 6) is 0.847. The van der Waals surface area contributed by atoms with Crippen molar-refractivity contribution in [2.24, 2.45) is 12.8 Å². The van der Waals surface area contributed by atoms with Crippen LogP contribution in [-0.4, -0.2) is 30.5 Å². The fraction of sp³-hybridized carbons (Fsp3) is 0.357. The predicted molar refractivity (Wildman–Crippen MR) is 76.4 cm³/mol. The van der Waals surface area contributed by atoms with Gasteiger partial charge >= 0.3 is 0 Å². The van der Waals surface area contributed by atoms with Crippen LogP contribution in [0.1, 0.15) is 11.6 Å². The molecule has 0 fully saturated rings. The number of rotatable bonds is 5. The molecule has 1 atom stereocenters. The van der Waals surface area contributed by atoms with Crippen LogP contribution in [0, 0.1) is 0 Å². The second-order valence-electron chi connectivity index (χ2n) is 4.64. The van der Waals surface area contributed by atoms with Crippen LogP contribution < -0.4 is 15.4 Å². The number of hydrogen-bond donors (Lipinski definition) is 1. The third kappa shape index (κ3) is 3.26. The van der Waals surface area contributed by atoms with E-state index in [-0.39, 0.29) is 6.04 Å². The predicted octanol–water partition coefficient (Wildman–Crippen LogP) is 1.56. The molecule has 1 unspecified atom stereocenters. The van der Waals surface area contributed by atoms with Crippen LogP contribution in [0.15, 0.2) is 36.7 Å². The molecule has 0 spiro atoms. The summed E-state index contributed by atoms with van der Waals surface area (Å²) in [6.07, 6.45) is 3.76. The Bertz CT molecular complexity index is 538. The van der Waals surface area contributed by atoms with E-state index < -0.39 is 0 Å². The van der Waals surface area contributed by atoms with E-state index >= 15 is 0 Å². The maximum absolute atomic E-state index is 6.19. The highest BCUT2D eigenvalue weighted by Crippen LogP contribution is 2.21. The van der Waals surface area contributed by atoms with Crippen LogP contribution in [0.3, 0.4) is 0 Å². The van der Waals surface area contributed by atoms with Gasteiger partial charge in [0.1, 0.15) is 5.75 Å². The summed E-state index contributed by atoms with van der Waals surface area (Å²) in [5.41, 5.74) is 8.31. The first kappa shape index (κ1) is 13.4. The number of aryl methyl sites for hydroxylation is 1. The summed E-state index contributed by atoms with van der Waals surface area (Å²) < 4.78 is 6.99. The lowest BCUT2D eigenvalue weighted by Crippen LogP contribution is -2.28. The van der Waals surface area contributed by atoms with Gasteiger partial charge in [0.25, 0.3) is 0 Å².